The molecule has 0 aromatic carbocycles. The van der Waals surface area contributed by atoms with Crippen molar-refractivity contribution in [3.63, 3.8) is 0 Å². The first kappa shape index (κ1) is 10.5. The Labute approximate surface area is 102 Å². The lowest BCUT2D eigenvalue weighted by Gasteiger charge is -2.01. The normalized spacial score (nSPS) is 10.9. The molecule has 0 spiro atoms. The lowest BCUT2D eigenvalue weighted by Crippen LogP contribution is -1.96. The molecular formula is C12H9N3O3. The van der Waals surface area contributed by atoms with Crippen molar-refractivity contribution in [3.8, 4) is 11.5 Å². The maximum Gasteiger partial charge on any atom is 0.356 e. The molecule has 90 valence electrons. The molecule has 0 bridgehead atoms. The van der Waals surface area contributed by atoms with Crippen molar-refractivity contribution in [1.29, 1.82) is 0 Å². The first-order chi connectivity index (χ1) is 8.65. The average Bonchev–Trinajstić information content (AvgIpc) is 2.97. The van der Waals surface area contributed by atoms with Crippen LogP contribution in [0.2, 0.25) is 0 Å². The van der Waals surface area contributed by atoms with Crippen molar-refractivity contribution in [2.24, 2.45) is 0 Å². The van der Waals surface area contributed by atoms with E-state index in [-0.39, 0.29) is 5.69 Å². The van der Waals surface area contributed by atoms with Gasteiger partial charge in [-0.15, -0.1) is 0 Å². The summed E-state index contributed by atoms with van der Waals surface area (Å²) in [4.78, 5) is 19.3. The van der Waals surface area contributed by atoms with E-state index in [1.165, 1.54) is 6.20 Å². The summed E-state index contributed by atoms with van der Waals surface area (Å²) in [5.74, 6) is 0.219. The SMILES string of the molecule is Cc1nc(-c2ccco2)cc2nc(C(=O)O)cn12. The number of furan rings is 1. The Bertz CT molecular complexity index is 728. The fourth-order valence-corrected chi connectivity index (χ4v) is 1.79. The van der Waals surface area contributed by atoms with Crippen LogP contribution in [0.25, 0.3) is 17.1 Å². The minimum absolute atomic E-state index is 0.00325. The van der Waals surface area contributed by atoms with Crippen molar-refractivity contribution in [3.05, 3.63) is 42.2 Å². The number of aromatic nitrogens is 3. The Morgan fingerprint density at radius 2 is 2.28 bits per heavy atom. The number of carboxylic acid groups (broad SMARTS) is 1. The third-order valence-electron chi connectivity index (χ3n) is 2.62. The molecule has 0 unspecified atom stereocenters. The van der Waals surface area contributed by atoms with Gasteiger partial charge in [0.25, 0.3) is 0 Å². The second kappa shape index (κ2) is 3.69. The molecule has 6 nitrogen and oxygen atoms in total. The van der Waals surface area contributed by atoms with Crippen molar-refractivity contribution in [2.45, 2.75) is 6.92 Å². The fraction of sp³-hybridized carbons (Fsp3) is 0.0833. The molecular weight excluding hydrogens is 234 g/mol. The maximum absolute atomic E-state index is 10.9. The number of fused-ring (bicyclic) bond motifs is 1. The third kappa shape index (κ3) is 1.55. The van der Waals surface area contributed by atoms with Gasteiger partial charge in [-0.3, -0.25) is 4.40 Å². The number of rotatable bonds is 2. The molecule has 0 aliphatic carbocycles. The van der Waals surface area contributed by atoms with Gasteiger partial charge in [0.1, 0.15) is 17.2 Å². The molecule has 6 heteroatoms. The molecule has 0 atom stereocenters. The Hall–Kier alpha value is -2.63. The van der Waals surface area contributed by atoms with Gasteiger partial charge in [-0.1, -0.05) is 0 Å². The number of aryl methyl sites for hydroxylation is 1. The average molecular weight is 243 g/mol. The molecule has 0 amide bonds. The van der Waals surface area contributed by atoms with Crippen LogP contribution in [0.4, 0.5) is 0 Å². The molecule has 0 aliphatic rings. The Morgan fingerprint density at radius 3 is 2.94 bits per heavy atom. The summed E-state index contributed by atoms with van der Waals surface area (Å²) in [6.45, 7) is 1.78. The second-order valence-electron chi connectivity index (χ2n) is 3.83. The highest BCUT2D eigenvalue weighted by molar-refractivity contribution is 5.86. The summed E-state index contributed by atoms with van der Waals surface area (Å²) < 4.78 is 6.90. The first-order valence-corrected chi connectivity index (χ1v) is 5.29. The number of nitrogens with zero attached hydrogens (tertiary/aromatic N) is 3. The number of hydrogen-bond donors (Lipinski definition) is 1. The van der Waals surface area contributed by atoms with Crippen LogP contribution in [0.5, 0.6) is 0 Å². The van der Waals surface area contributed by atoms with Gasteiger partial charge in [-0.2, -0.15) is 0 Å². The zero-order chi connectivity index (χ0) is 12.7. The number of aromatic carboxylic acids is 1. The summed E-state index contributed by atoms with van der Waals surface area (Å²) in [5.41, 5.74) is 1.16. The summed E-state index contributed by atoms with van der Waals surface area (Å²) in [6, 6.07) is 5.25. The van der Waals surface area contributed by atoms with E-state index in [1.54, 1.807) is 35.8 Å². The summed E-state index contributed by atoms with van der Waals surface area (Å²) in [6.07, 6.45) is 3.01. The van der Waals surface area contributed by atoms with Gasteiger partial charge >= 0.3 is 5.97 Å². The van der Waals surface area contributed by atoms with Crippen LogP contribution >= 0.6 is 0 Å². The van der Waals surface area contributed by atoms with Gasteiger partial charge < -0.3 is 9.52 Å². The molecule has 18 heavy (non-hydrogen) atoms. The van der Waals surface area contributed by atoms with Gasteiger partial charge in [0.05, 0.1) is 6.26 Å². The highest BCUT2D eigenvalue weighted by Crippen LogP contribution is 2.20. The first-order valence-electron chi connectivity index (χ1n) is 5.29. The topological polar surface area (TPSA) is 80.6 Å². The van der Waals surface area contributed by atoms with E-state index in [1.807, 2.05) is 0 Å². The largest absolute Gasteiger partial charge is 0.476 e. The van der Waals surface area contributed by atoms with E-state index >= 15 is 0 Å². The van der Waals surface area contributed by atoms with Gasteiger partial charge in [-0.25, -0.2) is 14.8 Å². The maximum atomic E-state index is 10.9. The van der Waals surface area contributed by atoms with E-state index in [4.69, 9.17) is 9.52 Å². The highest BCUT2D eigenvalue weighted by Gasteiger charge is 2.13. The van der Waals surface area contributed by atoms with Crippen LogP contribution in [-0.4, -0.2) is 25.4 Å². The predicted octanol–water partition coefficient (Wildman–Crippen LogP) is 2.00. The second-order valence-corrected chi connectivity index (χ2v) is 3.83. The number of carboxylic acids is 1. The van der Waals surface area contributed by atoms with Gasteiger partial charge in [-0.05, 0) is 19.1 Å². The van der Waals surface area contributed by atoms with Gasteiger partial charge in [0.2, 0.25) is 0 Å². The highest BCUT2D eigenvalue weighted by atomic mass is 16.4. The van der Waals surface area contributed by atoms with Gasteiger partial charge in [0.15, 0.2) is 11.5 Å². The molecule has 1 N–H and O–H groups in total. The van der Waals surface area contributed by atoms with Crippen LogP contribution in [0.1, 0.15) is 16.3 Å². The predicted molar refractivity (Wildman–Crippen MR) is 62.4 cm³/mol. The van der Waals surface area contributed by atoms with Crippen LogP contribution in [-0.2, 0) is 0 Å². The minimum atomic E-state index is -1.06. The van der Waals surface area contributed by atoms with Crippen molar-refractivity contribution in [2.75, 3.05) is 0 Å². The van der Waals surface area contributed by atoms with E-state index in [0.29, 0.717) is 22.9 Å². The Kier molecular flexibility index (Phi) is 2.16. The molecule has 3 heterocycles. The molecule has 3 aromatic rings. The molecule has 3 rings (SSSR count). The zero-order valence-corrected chi connectivity index (χ0v) is 9.49. The lowest BCUT2D eigenvalue weighted by atomic mass is 10.3. The molecule has 0 aliphatic heterocycles. The summed E-state index contributed by atoms with van der Waals surface area (Å²) >= 11 is 0. The van der Waals surface area contributed by atoms with Crippen molar-refractivity contribution >= 4 is 11.6 Å². The van der Waals surface area contributed by atoms with Crippen LogP contribution in [0.15, 0.2) is 35.1 Å². The smallest absolute Gasteiger partial charge is 0.356 e. The molecule has 3 aromatic heterocycles. The quantitative estimate of drug-likeness (QED) is 0.744. The number of imidazole rings is 1. The molecule has 0 radical (unpaired) electrons. The van der Waals surface area contributed by atoms with E-state index in [2.05, 4.69) is 9.97 Å². The van der Waals surface area contributed by atoms with E-state index in [0.717, 1.165) is 0 Å². The molecule has 0 saturated heterocycles. The van der Waals surface area contributed by atoms with Crippen LogP contribution < -0.4 is 0 Å². The molecule has 0 saturated carbocycles. The zero-order valence-electron chi connectivity index (χ0n) is 9.49. The Balaban J connectivity index is 2.24. The minimum Gasteiger partial charge on any atom is -0.476 e. The summed E-state index contributed by atoms with van der Waals surface area (Å²) in [7, 11) is 0. The van der Waals surface area contributed by atoms with E-state index < -0.39 is 5.97 Å². The van der Waals surface area contributed by atoms with E-state index in [9.17, 15) is 4.79 Å². The fourth-order valence-electron chi connectivity index (χ4n) is 1.79. The molecule has 0 fully saturated rings. The lowest BCUT2D eigenvalue weighted by molar-refractivity contribution is 0.0691. The third-order valence-corrected chi connectivity index (χ3v) is 2.62. The monoisotopic (exact) mass is 243 g/mol. The number of hydrogen-bond acceptors (Lipinski definition) is 4. The Morgan fingerprint density at radius 1 is 1.44 bits per heavy atom. The standard InChI is InChI=1S/C12H9N3O3/c1-7-13-8(10-3-2-4-18-10)5-11-14-9(12(16)17)6-15(7)11/h2-6H,1H3,(H,16,17). The van der Waals surface area contributed by atoms with Gasteiger partial charge in [0, 0.05) is 12.3 Å². The number of carbonyl (C=O) groups is 1. The van der Waals surface area contributed by atoms with Crippen molar-refractivity contribution in [1.82, 2.24) is 14.4 Å². The van der Waals surface area contributed by atoms with Crippen LogP contribution in [0, 0.1) is 6.92 Å². The van der Waals surface area contributed by atoms with Crippen LogP contribution in [0.3, 0.4) is 0 Å². The summed E-state index contributed by atoms with van der Waals surface area (Å²) in [5, 5.41) is 8.92. The van der Waals surface area contributed by atoms with Crippen molar-refractivity contribution < 1.29 is 14.3 Å².